The van der Waals surface area contributed by atoms with Crippen LogP contribution in [0.1, 0.15) is 18.1 Å². The predicted octanol–water partition coefficient (Wildman–Crippen LogP) is 3.41. The van der Waals surface area contributed by atoms with E-state index in [-0.39, 0.29) is 11.1 Å². The van der Waals surface area contributed by atoms with Gasteiger partial charge in [-0.25, -0.2) is 8.78 Å². The number of hydrogen-bond donors (Lipinski definition) is 2. The lowest BCUT2D eigenvalue weighted by molar-refractivity contribution is 0.344. The summed E-state index contributed by atoms with van der Waals surface area (Å²) in [5, 5.41) is -1.81. The average Bonchev–Trinajstić information content (AvgIpc) is 2.36. The normalized spacial score (nSPS) is 12.4. The summed E-state index contributed by atoms with van der Waals surface area (Å²) in [5.74, 6) is -1.22. The lowest BCUT2D eigenvalue weighted by Gasteiger charge is -2.31. The Kier molecular flexibility index (Phi) is 3.78. The van der Waals surface area contributed by atoms with Crippen LogP contribution >= 0.6 is 7.60 Å². The van der Waals surface area contributed by atoms with Crippen molar-refractivity contribution in [2.45, 2.75) is 12.1 Å². The second-order valence-corrected chi connectivity index (χ2v) is 6.62. The van der Waals surface area contributed by atoms with Gasteiger partial charge in [-0.2, -0.15) is 0 Å². The van der Waals surface area contributed by atoms with Crippen LogP contribution in [0, 0.1) is 11.6 Å². The van der Waals surface area contributed by atoms with Crippen molar-refractivity contribution in [3.63, 3.8) is 0 Å². The summed E-state index contributed by atoms with van der Waals surface area (Å²) in [6.45, 7) is 1.28. The second kappa shape index (κ2) is 5.09. The van der Waals surface area contributed by atoms with E-state index in [0.717, 1.165) is 12.1 Å². The summed E-state index contributed by atoms with van der Waals surface area (Å²) in [7, 11) is -4.70. The van der Waals surface area contributed by atoms with Gasteiger partial charge in [0.2, 0.25) is 0 Å². The number of hydrogen-bond acceptors (Lipinski definition) is 1. The topological polar surface area (TPSA) is 57.5 Å². The van der Waals surface area contributed by atoms with Gasteiger partial charge in [0.05, 0.1) is 0 Å². The lowest BCUT2D eigenvalue weighted by Crippen LogP contribution is -2.24. The summed E-state index contributed by atoms with van der Waals surface area (Å²) >= 11 is 0. The van der Waals surface area contributed by atoms with Crippen molar-refractivity contribution in [3.8, 4) is 0 Å². The Labute approximate surface area is 115 Å². The molecule has 0 aliphatic rings. The zero-order chi connectivity index (χ0) is 15.0. The van der Waals surface area contributed by atoms with E-state index >= 15 is 0 Å². The van der Waals surface area contributed by atoms with E-state index in [1.54, 1.807) is 0 Å². The Morgan fingerprint density at radius 2 is 1.35 bits per heavy atom. The van der Waals surface area contributed by atoms with Gasteiger partial charge in [-0.1, -0.05) is 24.3 Å². The van der Waals surface area contributed by atoms with E-state index in [2.05, 4.69) is 0 Å². The third kappa shape index (κ3) is 2.52. The molecule has 2 aromatic carbocycles. The molecule has 0 aliphatic heterocycles. The first kappa shape index (κ1) is 14.9. The number of halogens is 2. The molecule has 0 aromatic heterocycles. The van der Waals surface area contributed by atoms with Crippen molar-refractivity contribution in [2.75, 3.05) is 0 Å². The van der Waals surface area contributed by atoms with Crippen molar-refractivity contribution in [1.82, 2.24) is 0 Å². The van der Waals surface area contributed by atoms with Crippen molar-refractivity contribution < 1.29 is 23.1 Å². The van der Waals surface area contributed by atoms with Crippen LogP contribution in [-0.4, -0.2) is 9.79 Å². The summed E-state index contributed by atoms with van der Waals surface area (Å²) < 4.78 is 38.6. The second-order valence-electron chi connectivity index (χ2n) is 4.64. The molecule has 2 aromatic rings. The van der Waals surface area contributed by atoms with E-state index in [1.807, 2.05) is 0 Å². The molecule has 0 bridgehead atoms. The van der Waals surface area contributed by atoms with E-state index < -0.39 is 24.4 Å². The highest BCUT2D eigenvalue weighted by molar-refractivity contribution is 7.53. The largest absolute Gasteiger partial charge is 0.340 e. The highest BCUT2D eigenvalue weighted by atomic mass is 31.2. The fourth-order valence-electron chi connectivity index (χ4n) is 2.09. The summed E-state index contributed by atoms with van der Waals surface area (Å²) in [5.41, 5.74) is 0.188. The molecule has 0 aliphatic carbocycles. The molecular weight excluding hydrogens is 285 g/mol. The van der Waals surface area contributed by atoms with Crippen LogP contribution in [0.4, 0.5) is 8.78 Å². The van der Waals surface area contributed by atoms with E-state index in [9.17, 15) is 23.1 Å². The Morgan fingerprint density at radius 1 is 0.950 bits per heavy atom. The van der Waals surface area contributed by atoms with Crippen molar-refractivity contribution >= 4 is 7.60 Å². The van der Waals surface area contributed by atoms with Crippen LogP contribution in [0.15, 0.2) is 48.5 Å². The number of rotatable bonds is 3. The molecular formula is C14H13F2O3P. The molecule has 20 heavy (non-hydrogen) atoms. The van der Waals surface area contributed by atoms with Gasteiger partial charge in [0.25, 0.3) is 0 Å². The molecule has 0 unspecified atom stereocenters. The minimum absolute atomic E-state index is 0.0939. The Morgan fingerprint density at radius 3 is 1.65 bits per heavy atom. The Balaban J connectivity index is 2.73. The first-order chi connectivity index (χ1) is 9.25. The third-order valence-electron chi connectivity index (χ3n) is 3.36. The van der Waals surface area contributed by atoms with Gasteiger partial charge in [-0.15, -0.1) is 0 Å². The van der Waals surface area contributed by atoms with E-state index in [4.69, 9.17) is 0 Å². The molecule has 2 rings (SSSR count). The molecule has 0 spiro atoms. The van der Waals surface area contributed by atoms with E-state index in [0.29, 0.717) is 0 Å². The highest BCUT2D eigenvalue weighted by Gasteiger charge is 2.45. The standard InChI is InChI=1S/C14H13F2O3P/c1-14(20(17,18)19,10-4-2-6-12(15)8-10)11-5-3-7-13(16)9-11/h2-9H,1H3,(H2,17,18,19). The Bertz CT molecular complexity index is 636. The molecule has 0 heterocycles. The van der Waals surface area contributed by atoms with Gasteiger partial charge in [0, 0.05) is 0 Å². The predicted molar refractivity (Wildman–Crippen MR) is 71.3 cm³/mol. The molecule has 0 saturated heterocycles. The van der Waals surface area contributed by atoms with E-state index in [1.165, 1.54) is 43.3 Å². The minimum Gasteiger partial charge on any atom is -0.324 e. The molecule has 2 N–H and O–H groups in total. The lowest BCUT2D eigenvalue weighted by atomic mass is 9.92. The Hall–Kier alpha value is -1.55. The molecule has 0 saturated carbocycles. The maximum atomic E-state index is 13.4. The molecule has 0 fully saturated rings. The minimum atomic E-state index is -4.70. The molecule has 106 valence electrons. The van der Waals surface area contributed by atoms with Crippen LogP contribution in [0.25, 0.3) is 0 Å². The van der Waals surface area contributed by atoms with Gasteiger partial charge in [0.15, 0.2) is 0 Å². The average molecular weight is 298 g/mol. The maximum Gasteiger partial charge on any atom is 0.340 e. The third-order valence-corrected chi connectivity index (χ3v) is 5.04. The van der Waals surface area contributed by atoms with Crippen molar-refractivity contribution in [1.29, 1.82) is 0 Å². The van der Waals surface area contributed by atoms with Gasteiger partial charge in [0.1, 0.15) is 16.8 Å². The zero-order valence-corrected chi connectivity index (χ0v) is 11.5. The quantitative estimate of drug-likeness (QED) is 0.854. The molecule has 3 nitrogen and oxygen atoms in total. The van der Waals surface area contributed by atoms with Crippen LogP contribution in [-0.2, 0) is 9.72 Å². The summed E-state index contributed by atoms with van der Waals surface area (Å²) in [4.78, 5) is 19.4. The smallest absolute Gasteiger partial charge is 0.324 e. The SMILES string of the molecule is CC(c1cccc(F)c1)(c1cccc(F)c1)P(=O)(O)O. The van der Waals surface area contributed by atoms with Crippen LogP contribution < -0.4 is 0 Å². The fourth-order valence-corrected chi connectivity index (χ4v) is 3.04. The number of benzene rings is 2. The van der Waals surface area contributed by atoms with Gasteiger partial charge in [-0.05, 0) is 42.3 Å². The van der Waals surface area contributed by atoms with Crippen molar-refractivity contribution in [2.24, 2.45) is 0 Å². The van der Waals surface area contributed by atoms with Crippen LogP contribution in [0.5, 0.6) is 0 Å². The van der Waals surface area contributed by atoms with Crippen LogP contribution in [0.3, 0.4) is 0 Å². The zero-order valence-electron chi connectivity index (χ0n) is 10.6. The maximum absolute atomic E-state index is 13.4. The fraction of sp³-hybridized carbons (Fsp3) is 0.143. The first-order valence-electron chi connectivity index (χ1n) is 5.83. The first-order valence-corrected chi connectivity index (χ1v) is 7.44. The summed E-state index contributed by atoms with van der Waals surface area (Å²) in [6.07, 6.45) is 0. The van der Waals surface area contributed by atoms with Gasteiger partial charge in [-0.3, -0.25) is 4.57 Å². The summed E-state index contributed by atoms with van der Waals surface area (Å²) in [6, 6.07) is 9.98. The molecule has 0 atom stereocenters. The highest BCUT2D eigenvalue weighted by Crippen LogP contribution is 2.60. The molecule has 6 heteroatoms. The van der Waals surface area contributed by atoms with Crippen LogP contribution in [0.2, 0.25) is 0 Å². The molecule has 0 amide bonds. The van der Waals surface area contributed by atoms with Gasteiger partial charge >= 0.3 is 7.60 Å². The van der Waals surface area contributed by atoms with Gasteiger partial charge < -0.3 is 9.79 Å². The molecule has 0 radical (unpaired) electrons. The van der Waals surface area contributed by atoms with Crippen molar-refractivity contribution in [3.05, 3.63) is 71.3 Å². The monoisotopic (exact) mass is 298 g/mol.